The maximum Gasteiger partial charge on any atom is 0.323 e. The van der Waals surface area contributed by atoms with Gasteiger partial charge in [-0.1, -0.05) is 18.2 Å². The van der Waals surface area contributed by atoms with Gasteiger partial charge in [-0.2, -0.15) is 0 Å². The van der Waals surface area contributed by atoms with Crippen LogP contribution in [0.4, 0.5) is 20.6 Å². The third-order valence-electron chi connectivity index (χ3n) is 2.60. The van der Waals surface area contributed by atoms with Gasteiger partial charge in [0.15, 0.2) is 0 Å². The zero-order valence-corrected chi connectivity index (χ0v) is 10.8. The minimum absolute atomic E-state index is 0.157. The number of para-hydroxylation sites is 1. The number of aryl methyl sites for hydroxylation is 2. The smallest absolute Gasteiger partial charge is 0.308 e. The van der Waals surface area contributed by atoms with Gasteiger partial charge in [0.25, 0.3) is 0 Å². The Morgan fingerprint density at radius 1 is 1.00 bits per heavy atom. The van der Waals surface area contributed by atoms with Crippen LogP contribution in [0.2, 0.25) is 0 Å². The number of amides is 2. The molecule has 0 atom stereocenters. The predicted octanol–water partition coefficient (Wildman–Crippen LogP) is 4.09. The summed E-state index contributed by atoms with van der Waals surface area (Å²) in [5.74, 6) is -0.460. The second-order valence-corrected chi connectivity index (χ2v) is 4.44. The monoisotopic (exact) mass is 258 g/mol. The van der Waals surface area contributed by atoms with Gasteiger partial charge in [0.2, 0.25) is 0 Å². The largest absolute Gasteiger partial charge is 0.323 e. The van der Waals surface area contributed by atoms with Crippen molar-refractivity contribution < 1.29 is 9.18 Å². The first-order valence-corrected chi connectivity index (χ1v) is 5.95. The SMILES string of the molecule is Cc1cc(C)cc(NC(=O)Nc2ccccc2F)c1. The Morgan fingerprint density at radius 2 is 1.63 bits per heavy atom. The molecule has 0 bridgehead atoms. The highest BCUT2D eigenvalue weighted by atomic mass is 19.1. The third-order valence-corrected chi connectivity index (χ3v) is 2.60. The van der Waals surface area contributed by atoms with Crippen LogP contribution >= 0.6 is 0 Å². The van der Waals surface area contributed by atoms with Gasteiger partial charge in [0.1, 0.15) is 5.82 Å². The summed E-state index contributed by atoms with van der Waals surface area (Å²) in [4.78, 5) is 11.8. The highest BCUT2D eigenvalue weighted by Gasteiger charge is 2.06. The first-order valence-electron chi connectivity index (χ1n) is 5.95. The molecule has 0 aromatic heterocycles. The van der Waals surface area contributed by atoms with Crippen LogP contribution < -0.4 is 10.6 Å². The lowest BCUT2D eigenvalue weighted by Gasteiger charge is -2.09. The van der Waals surface area contributed by atoms with Crippen molar-refractivity contribution in [1.29, 1.82) is 0 Å². The summed E-state index contributed by atoms with van der Waals surface area (Å²) in [6, 6.07) is 11.3. The molecule has 0 aliphatic heterocycles. The first-order chi connectivity index (χ1) is 9.04. The average molecular weight is 258 g/mol. The van der Waals surface area contributed by atoms with Crippen LogP contribution in [-0.4, -0.2) is 6.03 Å². The maximum absolute atomic E-state index is 13.4. The summed E-state index contributed by atoms with van der Waals surface area (Å²) in [5, 5.41) is 5.16. The highest BCUT2D eigenvalue weighted by molar-refractivity contribution is 5.99. The number of urea groups is 1. The summed E-state index contributed by atoms with van der Waals surface area (Å²) >= 11 is 0. The summed E-state index contributed by atoms with van der Waals surface area (Å²) < 4.78 is 13.4. The van der Waals surface area contributed by atoms with E-state index in [9.17, 15) is 9.18 Å². The highest BCUT2D eigenvalue weighted by Crippen LogP contribution is 2.16. The number of halogens is 1. The van der Waals surface area contributed by atoms with E-state index in [1.165, 1.54) is 12.1 Å². The minimum atomic E-state index is -0.463. The summed E-state index contributed by atoms with van der Waals surface area (Å²) in [6.07, 6.45) is 0. The van der Waals surface area contributed by atoms with Gasteiger partial charge < -0.3 is 10.6 Å². The summed E-state index contributed by atoms with van der Waals surface area (Å²) in [5.41, 5.74) is 2.96. The fraction of sp³-hybridized carbons (Fsp3) is 0.133. The Bertz CT molecular complexity index is 591. The van der Waals surface area contributed by atoms with Crippen LogP contribution in [0.3, 0.4) is 0 Å². The molecule has 0 aliphatic carbocycles. The normalized spacial score (nSPS) is 10.1. The molecule has 0 saturated carbocycles. The van der Waals surface area contributed by atoms with E-state index in [1.807, 2.05) is 32.0 Å². The number of hydrogen-bond donors (Lipinski definition) is 2. The minimum Gasteiger partial charge on any atom is -0.308 e. The van der Waals surface area contributed by atoms with E-state index in [0.717, 1.165) is 11.1 Å². The Morgan fingerprint density at radius 3 is 2.26 bits per heavy atom. The molecule has 0 aliphatic rings. The number of benzene rings is 2. The van der Waals surface area contributed by atoms with Crippen LogP contribution in [-0.2, 0) is 0 Å². The molecule has 2 aromatic rings. The van der Waals surface area contributed by atoms with Crippen molar-refractivity contribution in [1.82, 2.24) is 0 Å². The van der Waals surface area contributed by atoms with Gasteiger partial charge in [-0.15, -0.1) is 0 Å². The molecule has 2 aromatic carbocycles. The van der Waals surface area contributed by atoms with Crippen LogP contribution in [0.5, 0.6) is 0 Å². The van der Waals surface area contributed by atoms with E-state index >= 15 is 0 Å². The lowest BCUT2D eigenvalue weighted by molar-refractivity contribution is 0.262. The van der Waals surface area contributed by atoms with E-state index in [4.69, 9.17) is 0 Å². The molecule has 2 N–H and O–H groups in total. The fourth-order valence-electron chi connectivity index (χ4n) is 1.89. The number of carbonyl (C=O) groups is 1. The lowest BCUT2D eigenvalue weighted by Crippen LogP contribution is -2.20. The van der Waals surface area contributed by atoms with Crippen molar-refractivity contribution in [2.75, 3.05) is 10.6 Å². The summed E-state index contributed by atoms with van der Waals surface area (Å²) in [7, 11) is 0. The van der Waals surface area contributed by atoms with Gasteiger partial charge in [0.05, 0.1) is 5.69 Å². The van der Waals surface area contributed by atoms with Crippen molar-refractivity contribution in [3.8, 4) is 0 Å². The molecular formula is C15H15FN2O. The second-order valence-electron chi connectivity index (χ2n) is 4.44. The van der Waals surface area contributed by atoms with Gasteiger partial charge in [-0.05, 0) is 49.2 Å². The number of hydrogen-bond acceptors (Lipinski definition) is 1. The van der Waals surface area contributed by atoms with E-state index in [-0.39, 0.29) is 5.69 Å². The van der Waals surface area contributed by atoms with Crippen molar-refractivity contribution in [3.05, 3.63) is 59.4 Å². The van der Waals surface area contributed by atoms with E-state index in [1.54, 1.807) is 12.1 Å². The molecular weight excluding hydrogens is 243 g/mol. The number of rotatable bonds is 2. The van der Waals surface area contributed by atoms with Gasteiger partial charge in [-0.3, -0.25) is 0 Å². The number of carbonyl (C=O) groups excluding carboxylic acids is 1. The van der Waals surface area contributed by atoms with Gasteiger partial charge >= 0.3 is 6.03 Å². The molecule has 3 nitrogen and oxygen atoms in total. The molecule has 0 heterocycles. The van der Waals surface area contributed by atoms with E-state index in [2.05, 4.69) is 10.6 Å². The molecule has 0 radical (unpaired) electrons. The Balaban J connectivity index is 2.07. The van der Waals surface area contributed by atoms with Gasteiger partial charge in [-0.25, -0.2) is 9.18 Å². The predicted molar refractivity (Wildman–Crippen MR) is 75.0 cm³/mol. The van der Waals surface area contributed by atoms with Crippen LogP contribution in [0.25, 0.3) is 0 Å². The Labute approximate surface area is 111 Å². The quantitative estimate of drug-likeness (QED) is 0.837. The lowest BCUT2D eigenvalue weighted by atomic mass is 10.1. The number of anilines is 2. The Kier molecular flexibility index (Phi) is 3.80. The standard InChI is InChI=1S/C15H15FN2O/c1-10-7-11(2)9-12(8-10)17-15(19)18-14-6-4-3-5-13(14)16/h3-9H,1-2H3,(H2,17,18,19). The first kappa shape index (κ1) is 13.1. The molecule has 19 heavy (non-hydrogen) atoms. The van der Waals surface area contributed by atoms with E-state index < -0.39 is 11.8 Å². The zero-order valence-electron chi connectivity index (χ0n) is 10.8. The molecule has 2 amide bonds. The second kappa shape index (κ2) is 5.52. The molecule has 2 rings (SSSR count). The zero-order chi connectivity index (χ0) is 13.8. The van der Waals surface area contributed by atoms with Crippen molar-refractivity contribution >= 4 is 17.4 Å². The topological polar surface area (TPSA) is 41.1 Å². The number of nitrogens with one attached hydrogen (secondary N) is 2. The molecule has 0 saturated heterocycles. The van der Waals surface area contributed by atoms with Crippen LogP contribution in [0, 0.1) is 19.7 Å². The molecule has 98 valence electrons. The molecule has 0 unspecified atom stereocenters. The molecule has 0 fully saturated rings. The van der Waals surface area contributed by atoms with Crippen molar-refractivity contribution in [3.63, 3.8) is 0 Å². The van der Waals surface area contributed by atoms with Gasteiger partial charge in [0, 0.05) is 5.69 Å². The van der Waals surface area contributed by atoms with Crippen molar-refractivity contribution in [2.45, 2.75) is 13.8 Å². The van der Waals surface area contributed by atoms with Crippen molar-refractivity contribution in [2.24, 2.45) is 0 Å². The molecule has 4 heteroatoms. The van der Waals surface area contributed by atoms with Crippen LogP contribution in [0.1, 0.15) is 11.1 Å². The Hall–Kier alpha value is -2.36. The maximum atomic E-state index is 13.4. The van der Waals surface area contributed by atoms with E-state index in [0.29, 0.717) is 5.69 Å². The summed E-state index contributed by atoms with van der Waals surface area (Å²) in [6.45, 7) is 3.90. The average Bonchev–Trinajstić information content (AvgIpc) is 2.30. The molecule has 0 spiro atoms. The fourth-order valence-corrected chi connectivity index (χ4v) is 1.89. The van der Waals surface area contributed by atoms with Crippen LogP contribution in [0.15, 0.2) is 42.5 Å². The third kappa shape index (κ3) is 3.55.